The summed E-state index contributed by atoms with van der Waals surface area (Å²) in [6, 6.07) is 25.5. The molecule has 7 nitrogen and oxygen atoms in total. The molecule has 204 valence electrons. The molecule has 1 aliphatic rings. The number of benzene rings is 4. The summed E-state index contributed by atoms with van der Waals surface area (Å²) in [7, 11) is -3.77. The van der Waals surface area contributed by atoms with Gasteiger partial charge in [-0.3, -0.25) is 13.9 Å². The number of hydrogen-bond donors (Lipinski definition) is 1. The van der Waals surface area contributed by atoms with Gasteiger partial charge >= 0.3 is 0 Å². The largest absolute Gasteiger partial charge is 0.483 e. The van der Waals surface area contributed by atoms with Crippen molar-refractivity contribution in [3.8, 4) is 5.75 Å². The number of anilines is 2. The van der Waals surface area contributed by atoms with Crippen LogP contribution in [-0.4, -0.2) is 33.3 Å². The van der Waals surface area contributed by atoms with Gasteiger partial charge in [0.25, 0.3) is 15.9 Å². The van der Waals surface area contributed by atoms with Gasteiger partial charge in [0.05, 0.1) is 16.3 Å². The Bertz CT molecular complexity index is 1690. The van der Waals surface area contributed by atoms with E-state index in [9.17, 15) is 18.0 Å². The maximum Gasteiger partial charge on any atom is 0.264 e. The van der Waals surface area contributed by atoms with Gasteiger partial charge in [-0.05, 0) is 73.4 Å². The van der Waals surface area contributed by atoms with Crippen LogP contribution in [-0.2, 0) is 21.2 Å². The van der Waals surface area contributed by atoms with Crippen molar-refractivity contribution in [2.75, 3.05) is 22.8 Å². The standard InChI is InChI=1S/C31H27ClN2O5S/c1-21-18-25(40(37,38)34-17-7-11-22-8-5-6-12-28(22)34)14-16-29(21)39-20-30(35)33-27-15-13-24(32)19-26(27)31(36)23-9-3-2-4-10-23/h2-6,8-10,12-16,18-19H,7,11,17,20H2,1H3,(H,33,35). The van der Waals surface area contributed by atoms with Gasteiger partial charge in [0.2, 0.25) is 0 Å². The van der Waals surface area contributed by atoms with E-state index in [0.717, 1.165) is 18.4 Å². The minimum absolute atomic E-state index is 0.156. The Morgan fingerprint density at radius 3 is 2.48 bits per heavy atom. The molecule has 0 aromatic heterocycles. The lowest BCUT2D eigenvalue weighted by atomic mass is 10.0. The van der Waals surface area contributed by atoms with Crippen LogP contribution >= 0.6 is 11.6 Å². The minimum Gasteiger partial charge on any atom is -0.483 e. The molecule has 0 atom stereocenters. The highest BCUT2D eigenvalue weighted by Gasteiger charge is 2.29. The lowest BCUT2D eigenvalue weighted by Crippen LogP contribution is -2.35. The molecule has 1 heterocycles. The lowest BCUT2D eigenvalue weighted by molar-refractivity contribution is -0.118. The molecule has 4 aromatic carbocycles. The predicted molar refractivity (Wildman–Crippen MR) is 156 cm³/mol. The molecule has 9 heteroatoms. The van der Waals surface area contributed by atoms with Gasteiger partial charge in [-0.2, -0.15) is 0 Å². The summed E-state index contributed by atoms with van der Waals surface area (Å²) in [6.07, 6.45) is 1.59. The van der Waals surface area contributed by atoms with Crippen LogP contribution in [0.2, 0.25) is 5.02 Å². The number of carbonyl (C=O) groups excluding carboxylic acids is 2. The highest BCUT2D eigenvalue weighted by Crippen LogP contribution is 2.33. The fourth-order valence-corrected chi connectivity index (χ4v) is 6.51. The van der Waals surface area contributed by atoms with Gasteiger partial charge in [0.1, 0.15) is 5.75 Å². The predicted octanol–water partition coefficient (Wildman–Crippen LogP) is 6.04. The Morgan fingerprint density at radius 1 is 0.950 bits per heavy atom. The van der Waals surface area contributed by atoms with Gasteiger partial charge in [-0.15, -0.1) is 0 Å². The lowest BCUT2D eigenvalue weighted by Gasteiger charge is -2.30. The van der Waals surface area contributed by atoms with Gasteiger partial charge in [-0.1, -0.05) is 60.1 Å². The number of sulfonamides is 1. The second-order valence-electron chi connectivity index (χ2n) is 9.46. The first-order valence-corrected chi connectivity index (χ1v) is 14.6. The third-order valence-electron chi connectivity index (χ3n) is 6.70. The Morgan fingerprint density at radius 2 is 1.70 bits per heavy atom. The SMILES string of the molecule is Cc1cc(S(=O)(=O)N2CCCc3ccccc32)ccc1OCC(=O)Nc1ccc(Cl)cc1C(=O)c1ccccc1. The number of halogens is 1. The van der Waals surface area contributed by atoms with Crippen molar-refractivity contribution in [1.29, 1.82) is 0 Å². The van der Waals surface area contributed by atoms with E-state index < -0.39 is 15.9 Å². The molecule has 0 spiro atoms. The molecule has 5 rings (SSSR count). The Kier molecular flexibility index (Phi) is 7.91. The number of ketones is 1. The van der Waals surface area contributed by atoms with Crippen LogP contribution in [0.1, 0.15) is 33.5 Å². The van der Waals surface area contributed by atoms with Crippen LogP contribution in [0.15, 0.2) is 95.9 Å². The van der Waals surface area contributed by atoms with Gasteiger partial charge in [-0.25, -0.2) is 8.42 Å². The van der Waals surface area contributed by atoms with Crippen molar-refractivity contribution in [3.63, 3.8) is 0 Å². The second-order valence-corrected chi connectivity index (χ2v) is 11.8. The zero-order valence-corrected chi connectivity index (χ0v) is 23.3. The smallest absolute Gasteiger partial charge is 0.264 e. The Hall–Kier alpha value is -4.14. The van der Waals surface area contributed by atoms with Crippen molar-refractivity contribution in [1.82, 2.24) is 0 Å². The van der Waals surface area contributed by atoms with Crippen LogP contribution in [0.3, 0.4) is 0 Å². The summed E-state index contributed by atoms with van der Waals surface area (Å²) in [6.45, 7) is 1.80. The number of amides is 1. The molecule has 0 aliphatic carbocycles. The van der Waals surface area contributed by atoms with Crippen LogP contribution in [0.25, 0.3) is 0 Å². The first-order chi connectivity index (χ1) is 19.2. The van der Waals surface area contributed by atoms with E-state index in [2.05, 4.69) is 5.32 Å². The van der Waals surface area contributed by atoms with Crippen LogP contribution in [0.4, 0.5) is 11.4 Å². The number of aryl methyl sites for hydroxylation is 2. The molecular weight excluding hydrogens is 548 g/mol. The summed E-state index contributed by atoms with van der Waals surface area (Å²) < 4.78 is 34.1. The normalized spacial score (nSPS) is 12.9. The van der Waals surface area contributed by atoms with Crippen molar-refractivity contribution in [3.05, 3.63) is 118 Å². The minimum atomic E-state index is -3.77. The number of nitrogens with zero attached hydrogens (tertiary/aromatic N) is 1. The summed E-state index contributed by atoms with van der Waals surface area (Å²) in [5.74, 6) is -0.376. The number of rotatable bonds is 8. The van der Waals surface area contributed by atoms with Crippen molar-refractivity contribution in [2.24, 2.45) is 0 Å². The number of carbonyl (C=O) groups is 2. The third kappa shape index (κ3) is 5.73. The summed E-state index contributed by atoms with van der Waals surface area (Å²) in [5, 5.41) is 3.09. The van der Waals surface area contributed by atoms with E-state index >= 15 is 0 Å². The third-order valence-corrected chi connectivity index (χ3v) is 8.74. The molecule has 4 aromatic rings. The van der Waals surface area contributed by atoms with E-state index in [1.54, 1.807) is 55.5 Å². The summed E-state index contributed by atoms with van der Waals surface area (Å²) in [5.41, 5.74) is 3.33. The first-order valence-electron chi connectivity index (χ1n) is 12.8. The molecule has 1 aliphatic heterocycles. The zero-order valence-electron chi connectivity index (χ0n) is 21.8. The molecule has 0 unspecified atom stereocenters. The average Bonchev–Trinajstić information content (AvgIpc) is 2.97. The van der Waals surface area contributed by atoms with Crippen LogP contribution < -0.4 is 14.4 Å². The molecule has 0 radical (unpaired) electrons. The second kappa shape index (κ2) is 11.5. The number of para-hydroxylation sites is 1. The monoisotopic (exact) mass is 574 g/mol. The van der Waals surface area contributed by atoms with E-state index in [1.165, 1.54) is 16.4 Å². The number of hydrogen-bond acceptors (Lipinski definition) is 5. The average molecular weight is 575 g/mol. The fourth-order valence-electron chi connectivity index (χ4n) is 4.71. The van der Waals surface area contributed by atoms with Crippen LogP contribution in [0.5, 0.6) is 5.75 Å². The van der Waals surface area contributed by atoms with Crippen LogP contribution in [0, 0.1) is 6.92 Å². The number of nitrogens with one attached hydrogen (secondary N) is 1. The van der Waals surface area contributed by atoms with E-state index in [1.807, 2.05) is 30.3 Å². The first kappa shape index (κ1) is 27.4. The van der Waals surface area contributed by atoms with E-state index in [0.29, 0.717) is 39.8 Å². The van der Waals surface area contributed by atoms with Crippen molar-refractivity contribution >= 4 is 44.7 Å². The summed E-state index contributed by atoms with van der Waals surface area (Å²) in [4.78, 5) is 25.9. The molecule has 0 bridgehead atoms. The molecule has 0 saturated heterocycles. The molecule has 1 N–H and O–H groups in total. The van der Waals surface area contributed by atoms with E-state index in [-0.39, 0.29) is 22.8 Å². The van der Waals surface area contributed by atoms with Crippen molar-refractivity contribution in [2.45, 2.75) is 24.7 Å². The molecule has 0 fully saturated rings. The van der Waals surface area contributed by atoms with Gasteiger partial charge in [0, 0.05) is 22.7 Å². The molecule has 40 heavy (non-hydrogen) atoms. The highest BCUT2D eigenvalue weighted by atomic mass is 35.5. The number of fused-ring (bicyclic) bond motifs is 1. The maximum absolute atomic E-state index is 13.5. The Labute approximate surface area is 238 Å². The van der Waals surface area contributed by atoms with Gasteiger partial charge < -0.3 is 10.1 Å². The highest BCUT2D eigenvalue weighted by molar-refractivity contribution is 7.92. The molecule has 0 saturated carbocycles. The topological polar surface area (TPSA) is 92.8 Å². The summed E-state index contributed by atoms with van der Waals surface area (Å²) >= 11 is 6.13. The Balaban J connectivity index is 1.28. The molecular formula is C31H27ClN2O5S. The quantitative estimate of drug-likeness (QED) is 0.259. The number of ether oxygens (including phenoxy) is 1. The zero-order chi connectivity index (χ0) is 28.3. The van der Waals surface area contributed by atoms with Crippen molar-refractivity contribution < 1.29 is 22.7 Å². The van der Waals surface area contributed by atoms with E-state index in [4.69, 9.17) is 16.3 Å². The van der Waals surface area contributed by atoms with Gasteiger partial charge in [0.15, 0.2) is 12.4 Å². The maximum atomic E-state index is 13.5. The fraction of sp³-hybridized carbons (Fsp3) is 0.161. The molecule has 1 amide bonds.